The van der Waals surface area contributed by atoms with Gasteiger partial charge in [-0.1, -0.05) is 35.5 Å². The van der Waals surface area contributed by atoms with Crippen molar-refractivity contribution < 1.29 is 18.8 Å². The largest absolute Gasteiger partial charge is 0.375 e. The fraction of sp³-hybridized carbons (Fsp3) is 0.545. The number of likely N-dealkylation sites (tertiary alicyclic amines) is 2. The van der Waals surface area contributed by atoms with E-state index in [1.54, 1.807) is 11.8 Å². The molecule has 8 nitrogen and oxygen atoms in total. The average molecular weight is 412 g/mol. The summed E-state index contributed by atoms with van der Waals surface area (Å²) < 4.78 is 10.5. The third-order valence-corrected chi connectivity index (χ3v) is 6.17. The van der Waals surface area contributed by atoms with Gasteiger partial charge in [0.2, 0.25) is 17.7 Å². The maximum atomic E-state index is 12.7. The predicted molar refractivity (Wildman–Crippen MR) is 109 cm³/mol. The molecule has 2 saturated heterocycles. The molecule has 1 aromatic heterocycles. The third-order valence-electron chi connectivity index (χ3n) is 6.17. The first-order valence-electron chi connectivity index (χ1n) is 10.4. The number of ether oxygens (including phenoxy) is 1. The molecule has 1 spiro atoms. The van der Waals surface area contributed by atoms with Crippen LogP contribution in [-0.4, -0.2) is 71.7 Å². The lowest BCUT2D eigenvalue weighted by Crippen LogP contribution is -2.61. The molecule has 2 aliphatic rings. The lowest BCUT2D eigenvalue weighted by atomic mass is 9.71. The molecule has 4 rings (SSSR count). The molecule has 3 heterocycles. The van der Waals surface area contributed by atoms with E-state index in [4.69, 9.17) is 9.26 Å². The van der Waals surface area contributed by atoms with Gasteiger partial charge in [-0.25, -0.2) is 0 Å². The van der Waals surface area contributed by atoms with E-state index in [-0.39, 0.29) is 29.8 Å². The normalized spacial score (nSPS) is 19.9. The molecule has 0 radical (unpaired) electrons. The minimum absolute atomic E-state index is 0.0494. The zero-order valence-electron chi connectivity index (χ0n) is 17.5. The molecule has 0 N–H and O–H groups in total. The number of methoxy groups -OCH3 is 1. The summed E-state index contributed by atoms with van der Waals surface area (Å²) in [6.45, 7) is 4.15. The Labute approximate surface area is 176 Å². The Morgan fingerprint density at radius 3 is 2.57 bits per heavy atom. The third kappa shape index (κ3) is 4.09. The molecule has 1 aromatic carbocycles. The molecule has 1 atom stereocenters. The molecule has 2 aromatic rings. The number of hydrogen-bond donors (Lipinski definition) is 0. The van der Waals surface area contributed by atoms with E-state index in [2.05, 4.69) is 22.3 Å². The summed E-state index contributed by atoms with van der Waals surface area (Å²) in [5, 5.41) is 3.92. The Bertz CT molecular complexity index is 892. The Hall–Kier alpha value is -2.74. The average Bonchev–Trinajstić information content (AvgIpc) is 3.31. The van der Waals surface area contributed by atoms with Crippen molar-refractivity contribution in [2.45, 2.75) is 32.1 Å². The molecular formula is C22H28N4O4. The summed E-state index contributed by atoms with van der Waals surface area (Å²) in [5.74, 6) is 1.18. The Balaban J connectivity index is 1.37. The highest BCUT2D eigenvalue weighted by molar-refractivity contribution is 5.79. The fourth-order valence-corrected chi connectivity index (χ4v) is 4.63. The van der Waals surface area contributed by atoms with Crippen molar-refractivity contribution in [2.75, 3.05) is 39.9 Å². The van der Waals surface area contributed by atoms with Gasteiger partial charge in [0.05, 0.1) is 5.92 Å². The van der Waals surface area contributed by atoms with Gasteiger partial charge >= 0.3 is 0 Å². The van der Waals surface area contributed by atoms with Gasteiger partial charge in [0.15, 0.2) is 5.82 Å². The highest BCUT2D eigenvalue weighted by Crippen LogP contribution is 2.49. The van der Waals surface area contributed by atoms with Crippen LogP contribution < -0.4 is 0 Å². The van der Waals surface area contributed by atoms with Crippen molar-refractivity contribution in [1.29, 1.82) is 0 Å². The predicted octanol–water partition coefficient (Wildman–Crippen LogP) is 1.80. The summed E-state index contributed by atoms with van der Waals surface area (Å²) >= 11 is 0. The van der Waals surface area contributed by atoms with E-state index in [1.165, 1.54) is 12.7 Å². The zero-order valence-corrected chi connectivity index (χ0v) is 17.5. The molecule has 1 unspecified atom stereocenters. The smallest absolute Gasteiger partial charge is 0.248 e. The molecule has 2 aliphatic heterocycles. The van der Waals surface area contributed by atoms with Gasteiger partial charge in [-0.2, -0.15) is 4.98 Å². The number of aromatic nitrogens is 2. The number of amides is 2. The quantitative estimate of drug-likeness (QED) is 0.689. The molecule has 2 amide bonds. The van der Waals surface area contributed by atoms with Crippen LogP contribution >= 0.6 is 0 Å². The van der Waals surface area contributed by atoms with Crippen molar-refractivity contribution in [3.05, 3.63) is 47.6 Å². The van der Waals surface area contributed by atoms with E-state index in [0.717, 1.165) is 12.8 Å². The van der Waals surface area contributed by atoms with Gasteiger partial charge in [-0.15, -0.1) is 0 Å². The zero-order chi connectivity index (χ0) is 21.1. The van der Waals surface area contributed by atoms with Crippen LogP contribution in [0.25, 0.3) is 0 Å². The Kier molecular flexibility index (Phi) is 5.85. The molecule has 2 fully saturated rings. The molecule has 0 bridgehead atoms. The van der Waals surface area contributed by atoms with Crippen LogP contribution in [0.1, 0.15) is 36.0 Å². The van der Waals surface area contributed by atoms with Crippen LogP contribution in [0.3, 0.4) is 0 Å². The van der Waals surface area contributed by atoms with E-state index in [9.17, 15) is 9.59 Å². The topological polar surface area (TPSA) is 88.8 Å². The maximum absolute atomic E-state index is 12.7. The molecular weight excluding hydrogens is 384 g/mol. The van der Waals surface area contributed by atoms with Gasteiger partial charge in [-0.05, 0) is 25.3 Å². The van der Waals surface area contributed by atoms with Gasteiger partial charge in [-0.3, -0.25) is 9.59 Å². The fourth-order valence-electron chi connectivity index (χ4n) is 4.63. The number of benzene rings is 1. The summed E-state index contributed by atoms with van der Waals surface area (Å²) in [6.07, 6.45) is 2.26. The highest BCUT2D eigenvalue weighted by Gasteiger charge is 2.58. The SMILES string of the molecule is COCC(=O)N1CC(c2nc(C)no2)C2(C1)CN(C(=O)CCCc1ccccc1)C2. The first kappa shape index (κ1) is 20.5. The molecule has 0 aliphatic carbocycles. The van der Waals surface area contributed by atoms with Crippen molar-refractivity contribution >= 4 is 11.8 Å². The van der Waals surface area contributed by atoms with Crippen LogP contribution in [0.2, 0.25) is 0 Å². The van der Waals surface area contributed by atoms with Crippen molar-refractivity contribution in [1.82, 2.24) is 19.9 Å². The van der Waals surface area contributed by atoms with Crippen LogP contribution in [0.5, 0.6) is 0 Å². The van der Waals surface area contributed by atoms with E-state index < -0.39 is 0 Å². The van der Waals surface area contributed by atoms with Crippen molar-refractivity contribution in [3.8, 4) is 0 Å². The minimum Gasteiger partial charge on any atom is -0.375 e. The number of carbonyl (C=O) groups is 2. The molecule has 30 heavy (non-hydrogen) atoms. The van der Waals surface area contributed by atoms with Gasteiger partial charge in [0, 0.05) is 45.1 Å². The molecule has 0 saturated carbocycles. The monoisotopic (exact) mass is 412 g/mol. The van der Waals surface area contributed by atoms with Crippen molar-refractivity contribution in [3.63, 3.8) is 0 Å². The van der Waals surface area contributed by atoms with E-state index in [1.807, 2.05) is 23.1 Å². The number of carbonyl (C=O) groups excluding carboxylic acids is 2. The summed E-state index contributed by atoms with van der Waals surface area (Å²) in [5.41, 5.74) is 1.03. The molecule has 160 valence electrons. The van der Waals surface area contributed by atoms with Gasteiger partial charge in [0.25, 0.3) is 0 Å². The first-order chi connectivity index (χ1) is 14.5. The summed E-state index contributed by atoms with van der Waals surface area (Å²) in [7, 11) is 1.52. The standard InChI is InChI=1S/C22H28N4O4/c1-16-23-21(30-24-16)18-11-25(20(28)12-29-2)13-22(18)14-26(15-22)19(27)10-6-9-17-7-4-3-5-8-17/h3-5,7-8,18H,6,9-15H2,1-2H3. The lowest BCUT2D eigenvalue weighted by Gasteiger charge is -2.50. The van der Waals surface area contributed by atoms with Gasteiger partial charge in [0.1, 0.15) is 6.61 Å². The first-order valence-corrected chi connectivity index (χ1v) is 10.4. The van der Waals surface area contributed by atoms with Crippen LogP contribution in [0.4, 0.5) is 0 Å². The van der Waals surface area contributed by atoms with Crippen LogP contribution in [0, 0.1) is 12.3 Å². The minimum atomic E-state index is -0.225. The second-order valence-electron chi connectivity index (χ2n) is 8.39. The van der Waals surface area contributed by atoms with Crippen LogP contribution in [0.15, 0.2) is 34.9 Å². The highest BCUT2D eigenvalue weighted by atomic mass is 16.5. The lowest BCUT2D eigenvalue weighted by molar-refractivity contribution is -0.144. The maximum Gasteiger partial charge on any atom is 0.248 e. The van der Waals surface area contributed by atoms with Crippen LogP contribution in [-0.2, 0) is 20.7 Å². The van der Waals surface area contributed by atoms with E-state index >= 15 is 0 Å². The molecule has 8 heteroatoms. The van der Waals surface area contributed by atoms with Gasteiger partial charge < -0.3 is 19.1 Å². The van der Waals surface area contributed by atoms with E-state index in [0.29, 0.717) is 44.3 Å². The second kappa shape index (κ2) is 8.55. The summed E-state index contributed by atoms with van der Waals surface area (Å²) in [4.78, 5) is 33.2. The number of rotatable bonds is 7. The number of nitrogens with zero attached hydrogens (tertiary/aromatic N) is 4. The second-order valence-corrected chi connectivity index (χ2v) is 8.39. The van der Waals surface area contributed by atoms with Crippen molar-refractivity contribution in [2.24, 2.45) is 5.41 Å². The Morgan fingerprint density at radius 1 is 1.17 bits per heavy atom. The number of hydrogen-bond acceptors (Lipinski definition) is 6. The summed E-state index contributed by atoms with van der Waals surface area (Å²) in [6, 6.07) is 10.2. The Morgan fingerprint density at radius 2 is 1.90 bits per heavy atom. The number of aryl methyl sites for hydroxylation is 2.